The Labute approximate surface area is 119 Å². The number of anilines is 1. The van der Waals surface area contributed by atoms with Crippen LogP contribution in [0.5, 0.6) is 0 Å². The van der Waals surface area contributed by atoms with Gasteiger partial charge in [-0.05, 0) is 0 Å². The Hall–Kier alpha value is -1.48. The third kappa shape index (κ3) is 1.92. The van der Waals surface area contributed by atoms with Gasteiger partial charge in [0.2, 0.25) is 0 Å². The van der Waals surface area contributed by atoms with Gasteiger partial charge in [0.05, 0.1) is 12.2 Å². The molecule has 20 heavy (non-hydrogen) atoms. The van der Waals surface area contributed by atoms with Crippen LogP contribution >= 0.6 is 11.6 Å². The molecule has 1 aliphatic heterocycles. The van der Waals surface area contributed by atoms with E-state index in [9.17, 15) is 10.2 Å². The van der Waals surface area contributed by atoms with Crippen LogP contribution in [-0.2, 0) is 4.74 Å². The number of hydrogen-bond acceptors (Lipinski definition) is 7. The summed E-state index contributed by atoms with van der Waals surface area (Å²) < 4.78 is 7.14. The maximum Gasteiger partial charge on any atom is 0.167 e. The number of imidazole rings is 1. The summed E-state index contributed by atoms with van der Waals surface area (Å²) in [7, 11) is 1.73. The van der Waals surface area contributed by atoms with E-state index >= 15 is 0 Å². The highest BCUT2D eigenvalue weighted by Gasteiger charge is 2.43. The topological polar surface area (TPSA) is 105 Å². The number of nitrogens with zero attached hydrogens (tertiary/aromatic N) is 4. The third-order valence-electron chi connectivity index (χ3n) is 3.36. The van der Waals surface area contributed by atoms with Gasteiger partial charge in [-0.25, -0.2) is 15.0 Å². The Morgan fingerprint density at radius 1 is 1.35 bits per heavy atom. The van der Waals surface area contributed by atoms with E-state index in [0.29, 0.717) is 17.0 Å². The number of halogens is 1. The monoisotopic (exact) mass is 299 g/mol. The summed E-state index contributed by atoms with van der Waals surface area (Å²) in [6.45, 7) is 0. The smallest absolute Gasteiger partial charge is 0.167 e. The zero-order chi connectivity index (χ0) is 14.3. The number of aliphatic hydroxyl groups is 2. The van der Waals surface area contributed by atoms with Gasteiger partial charge in [-0.2, -0.15) is 0 Å². The van der Waals surface area contributed by atoms with Crippen LogP contribution in [0.15, 0.2) is 12.7 Å². The number of hydrogen-bond donors (Lipinski definition) is 3. The summed E-state index contributed by atoms with van der Waals surface area (Å²) in [5, 5.41) is 22.8. The molecule has 1 fully saturated rings. The van der Waals surface area contributed by atoms with Gasteiger partial charge in [0, 0.05) is 7.05 Å². The van der Waals surface area contributed by atoms with Gasteiger partial charge in [-0.15, -0.1) is 11.6 Å². The van der Waals surface area contributed by atoms with Crippen LogP contribution in [0.25, 0.3) is 11.2 Å². The molecule has 9 heteroatoms. The first kappa shape index (κ1) is 13.5. The summed E-state index contributed by atoms with van der Waals surface area (Å²) in [6.07, 6.45) is -0.650. The van der Waals surface area contributed by atoms with Gasteiger partial charge in [-0.3, -0.25) is 4.57 Å². The number of alkyl halides is 1. The fourth-order valence-electron chi connectivity index (χ4n) is 2.31. The molecule has 3 heterocycles. The van der Waals surface area contributed by atoms with Crippen molar-refractivity contribution in [3.05, 3.63) is 12.7 Å². The van der Waals surface area contributed by atoms with Crippen molar-refractivity contribution in [2.24, 2.45) is 0 Å². The van der Waals surface area contributed by atoms with Crippen molar-refractivity contribution in [1.82, 2.24) is 19.5 Å². The first-order valence-electron chi connectivity index (χ1n) is 6.10. The predicted octanol–water partition coefficient (Wildman–Crippen LogP) is -0.274. The molecule has 0 radical (unpaired) electrons. The lowest BCUT2D eigenvalue weighted by atomic mass is 10.1. The van der Waals surface area contributed by atoms with E-state index in [1.807, 2.05) is 0 Å². The van der Waals surface area contributed by atoms with Gasteiger partial charge >= 0.3 is 0 Å². The fourth-order valence-corrected chi connectivity index (χ4v) is 2.56. The Morgan fingerprint density at radius 2 is 2.15 bits per heavy atom. The average molecular weight is 300 g/mol. The summed E-state index contributed by atoms with van der Waals surface area (Å²) >= 11 is 5.70. The van der Waals surface area contributed by atoms with Crippen molar-refractivity contribution in [3.8, 4) is 0 Å². The second kappa shape index (κ2) is 5.13. The first-order valence-corrected chi connectivity index (χ1v) is 6.63. The fraction of sp³-hybridized carbons (Fsp3) is 0.545. The molecule has 1 aliphatic rings. The summed E-state index contributed by atoms with van der Waals surface area (Å²) in [6, 6.07) is 0. The van der Waals surface area contributed by atoms with Gasteiger partial charge in [0.1, 0.15) is 30.2 Å². The number of fused-ring (bicyclic) bond motifs is 1. The molecule has 0 spiro atoms. The van der Waals surface area contributed by atoms with E-state index in [2.05, 4.69) is 20.3 Å². The maximum atomic E-state index is 10.1. The zero-order valence-electron chi connectivity index (χ0n) is 10.6. The largest absolute Gasteiger partial charge is 0.387 e. The summed E-state index contributed by atoms with van der Waals surface area (Å²) in [4.78, 5) is 12.4. The minimum atomic E-state index is -1.09. The van der Waals surface area contributed by atoms with Crippen LogP contribution in [0.3, 0.4) is 0 Å². The summed E-state index contributed by atoms with van der Waals surface area (Å²) in [5.41, 5.74) is 1.07. The highest BCUT2D eigenvalue weighted by molar-refractivity contribution is 6.18. The van der Waals surface area contributed by atoms with Crippen LogP contribution in [0, 0.1) is 0 Å². The Bertz CT molecular complexity index is 621. The predicted molar refractivity (Wildman–Crippen MR) is 71.5 cm³/mol. The minimum Gasteiger partial charge on any atom is -0.387 e. The molecule has 0 aliphatic carbocycles. The van der Waals surface area contributed by atoms with Crippen molar-refractivity contribution in [3.63, 3.8) is 0 Å². The van der Waals surface area contributed by atoms with Gasteiger partial charge in [0.15, 0.2) is 17.7 Å². The standard InChI is InChI=1S/C11H14ClN5O3/c1-13-9-6-10(15-3-14-9)17(4-16-6)11-8(19)7(18)5(2-12)20-11/h3-5,7-8,11,18-19H,2H2,1H3,(H,13,14,15). The van der Waals surface area contributed by atoms with Crippen molar-refractivity contribution in [2.75, 3.05) is 18.2 Å². The first-order chi connectivity index (χ1) is 9.67. The Balaban J connectivity index is 2.03. The molecule has 4 atom stereocenters. The van der Waals surface area contributed by atoms with Crippen LogP contribution < -0.4 is 5.32 Å². The number of nitrogens with one attached hydrogen (secondary N) is 1. The number of aromatic nitrogens is 4. The zero-order valence-corrected chi connectivity index (χ0v) is 11.4. The van der Waals surface area contributed by atoms with Crippen LogP contribution in [0.4, 0.5) is 5.82 Å². The molecule has 2 aromatic rings. The lowest BCUT2D eigenvalue weighted by Crippen LogP contribution is -2.32. The molecule has 0 amide bonds. The number of aliphatic hydroxyl groups excluding tert-OH is 2. The molecule has 0 bridgehead atoms. The molecule has 8 nitrogen and oxygen atoms in total. The quantitative estimate of drug-likeness (QED) is 0.670. The second-order valence-electron chi connectivity index (χ2n) is 4.50. The molecule has 108 valence electrons. The molecular weight excluding hydrogens is 286 g/mol. The van der Waals surface area contributed by atoms with Gasteiger partial charge in [-0.1, -0.05) is 0 Å². The normalized spacial score (nSPS) is 30.0. The third-order valence-corrected chi connectivity index (χ3v) is 3.66. The lowest BCUT2D eigenvalue weighted by Gasteiger charge is -2.16. The van der Waals surface area contributed by atoms with Crippen molar-refractivity contribution < 1.29 is 14.9 Å². The molecule has 3 N–H and O–H groups in total. The minimum absolute atomic E-state index is 0.0953. The van der Waals surface area contributed by atoms with E-state index in [4.69, 9.17) is 16.3 Å². The molecule has 1 saturated heterocycles. The average Bonchev–Trinajstić information content (AvgIpc) is 3.01. The van der Waals surface area contributed by atoms with Crippen molar-refractivity contribution >= 4 is 28.6 Å². The van der Waals surface area contributed by atoms with E-state index in [0.717, 1.165) is 0 Å². The maximum absolute atomic E-state index is 10.1. The van der Waals surface area contributed by atoms with Gasteiger partial charge < -0.3 is 20.3 Å². The number of rotatable bonds is 3. The van der Waals surface area contributed by atoms with E-state index in [-0.39, 0.29) is 5.88 Å². The highest BCUT2D eigenvalue weighted by atomic mass is 35.5. The van der Waals surface area contributed by atoms with Crippen LogP contribution in [0.1, 0.15) is 6.23 Å². The Kier molecular flexibility index (Phi) is 3.47. The molecule has 0 saturated carbocycles. The number of ether oxygens (including phenoxy) is 1. The van der Waals surface area contributed by atoms with Crippen molar-refractivity contribution in [1.29, 1.82) is 0 Å². The SMILES string of the molecule is CNc1ncnc2c1ncn2C1OC(CCl)C(O)C1O. The van der Waals surface area contributed by atoms with E-state index in [1.54, 1.807) is 11.6 Å². The van der Waals surface area contributed by atoms with Crippen LogP contribution in [0.2, 0.25) is 0 Å². The second-order valence-corrected chi connectivity index (χ2v) is 4.81. The lowest BCUT2D eigenvalue weighted by molar-refractivity contribution is -0.0291. The molecule has 2 aromatic heterocycles. The molecule has 4 unspecified atom stereocenters. The Morgan fingerprint density at radius 3 is 2.80 bits per heavy atom. The van der Waals surface area contributed by atoms with E-state index < -0.39 is 24.5 Å². The summed E-state index contributed by atoms with van der Waals surface area (Å²) in [5.74, 6) is 0.675. The molecule has 3 rings (SSSR count). The molecule has 0 aromatic carbocycles. The van der Waals surface area contributed by atoms with Gasteiger partial charge in [0.25, 0.3) is 0 Å². The van der Waals surface area contributed by atoms with Crippen molar-refractivity contribution in [2.45, 2.75) is 24.5 Å². The van der Waals surface area contributed by atoms with Crippen LogP contribution in [-0.4, -0.2) is 61.0 Å². The van der Waals surface area contributed by atoms with E-state index in [1.165, 1.54) is 12.7 Å². The molecular formula is C11H14ClN5O3. The highest BCUT2D eigenvalue weighted by Crippen LogP contribution is 2.32.